The van der Waals surface area contributed by atoms with E-state index in [9.17, 15) is 4.79 Å². The van der Waals surface area contributed by atoms with Crippen LogP contribution < -0.4 is 15.8 Å². The van der Waals surface area contributed by atoms with Crippen LogP contribution in [0.15, 0.2) is 18.2 Å². The Bertz CT molecular complexity index is 489. The molecule has 20 heavy (non-hydrogen) atoms. The van der Waals surface area contributed by atoms with Crippen molar-refractivity contribution >= 4 is 17.5 Å². The molecular formula is C15H21ClN2O2. The van der Waals surface area contributed by atoms with E-state index in [1.165, 1.54) is 12.8 Å². The van der Waals surface area contributed by atoms with Crippen molar-refractivity contribution in [2.24, 2.45) is 11.7 Å². The van der Waals surface area contributed by atoms with Gasteiger partial charge in [-0.25, -0.2) is 0 Å². The van der Waals surface area contributed by atoms with Crippen LogP contribution in [0.5, 0.6) is 5.75 Å². The van der Waals surface area contributed by atoms with E-state index in [1.54, 1.807) is 19.1 Å². The van der Waals surface area contributed by atoms with E-state index in [4.69, 9.17) is 22.1 Å². The molecule has 110 valence electrons. The number of benzene rings is 1. The number of aryl methyl sites for hydroxylation is 1. The normalized spacial score (nSPS) is 17.4. The predicted molar refractivity (Wildman–Crippen MR) is 80.0 cm³/mol. The average Bonchev–Trinajstić information content (AvgIpc) is 3.24. The summed E-state index contributed by atoms with van der Waals surface area (Å²) in [5, 5.41) is 3.52. The van der Waals surface area contributed by atoms with E-state index in [2.05, 4.69) is 5.32 Å². The van der Waals surface area contributed by atoms with Crippen molar-refractivity contribution in [3.8, 4) is 5.75 Å². The molecule has 2 unspecified atom stereocenters. The van der Waals surface area contributed by atoms with Gasteiger partial charge in [0, 0.05) is 17.6 Å². The van der Waals surface area contributed by atoms with Crippen molar-refractivity contribution in [2.45, 2.75) is 38.8 Å². The molecule has 4 nitrogen and oxygen atoms in total. The number of hydrogen-bond acceptors (Lipinski definition) is 3. The fraction of sp³-hybridized carbons (Fsp3) is 0.533. The van der Waals surface area contributed by atoms with Gasteiger partial charge in [0.2, 0.25) is 0 Å². The van der Waals surface area contributed by atoms with E-state index in [1.807, 2.05) is 13.0 Å². The minimum absolute atomic E-state index is 0.0592. The minimum Gasteiger partial charge on any atom is -0.481 e. The van der Waals surface area contributed by atoms with E-state index < -0.39 is 6.10 Å². The summed E-state index contributed by atoms with van der Waals surface area (Å²) in [6, 6.07) is 5.40. The first-order valence-electron chi connectivity index (χ1n) is 6.93. The Labute approximate surface area is 124 Å². The van der Waals surface area contributed by atoms with Crippen LogP contribution >= 0.6 is 11.6 Å². The standard InChI is InChI=1S/C15H21ClN2O2/c1-9-7-12(5-6-13(9)16)20-10(2)15(19)18-8-14(17)11-3-4-11/h5-7,10-11,14H,3-4,8,17H2,1-2H3,(H,18,19). The first-order valence-corrected chi connectivity index (χ1v) is 7.31. The zero-order valence-corrected chi connectivity index (χ0v) is 12.6. The van der Waals surface area contributed by atoms with Gasteiger partial charge in [-0.05, 0) is 56.4 Å². The molecule has 1 amide bonds. The number of nitrogens with two attached hydrogens (primary N) is 1. The van der Waals surface area contributed by atoms with Crippen molar-refractivity contribution < 1.29 is 9.53 Å². The summed E-state index contributed by atoms with van der Waals surface area (Å²) in [5.41, 5.74) is 6.87. The lowest BCUT2D eigenvalue weighted by Crippen LogP contribution is -2.43. The SMILES string of the molecule is Cc1cc(OC(C)C(=O)NCC(N)C2CC2)ccc1Cl. The summed E-state index contributed by atoms with van der Waals surface area (Å²) in [5.74, 6) is 1.07. The van der Waals surface area contributed by atoms with Crippen LogP contribution in [0.2, 0.25) is 5.02 Å². The zero-order chi connectivity index (χ0) is 14.7. The molecular weight excluding hydrogens is 276 g/mol. The second-order valence-electron chi connectivity index (χ2n) is 5.42. The second kappa shape index (κ2) is 6.46. The van der Waals surface area contributed by atoms with Gasteiger partial charge in [-0.15, -0.1) is 0 Å². The molecule has 5 heteroatoms. The van der Waals surface area contributed by atoms with Gasteiger partial charge in [0.05, 0.1) is 0 Å². The Hall–Kier alpha value is -1.26. The van der Waals surface area contributed by atoms with Gasteiger partial charge >= 0.3 is 0 Å². The summed E-state index contributed by atoms with van der Waals surface area (Å²) in [4.78, 5) is 11.9. The van der Waals surface area contributed by atoms with Crippen LogP contribution in [0.3, 0.4) is 0 Å². The smallest absolute Gasteiger partial charge is 0.260 e. The minimum atomic E-state index is -0.554. The van der Waals surface area contributed by atoms with Gasteiger partial charge in [0.15, 0.2) is 6.10 Å². The molecule has 0 saturated heterocycles. The third-order valence-electron chi connectivity index (χ3n) is 3.55. The molecule has 1 aromatic rings. The van der Waals surface area contributed by atoms with Crippen molar-refractivity contribution in [3.63, 3.8) is 0 Å². The van der Waals surface area contributed by atoms with Crippen LogP contribution in [-0.2, 0) is 4.79 Å². The Kier molecular flexibility index (Phi) is 4.89. The highest BCUT2D eigenvalue weighted by molar-refractivity contribution is 6.31. The molecule has 0 spiro atoms. The highest BCUT2D eigenvalue weighted by Crippen LogP contribution is 2.31. The first kappa shape index (κ1) is 15.1. The number of halogens is 1. The molecule has 1 fully saturated rings. The molecule has 1 aliphatic rings. The number of carbonyl (C=O) groups is 1. The number of ether oxygens (including phenoxy) is 1. The molecule has 0 aliphatic heterocycles. The summed E-state index contributed by atoms with van der Waals surface area (Å²) in [6.07, 6.45) is 1.79. The fourth-order valence-corrected chi connectivity index (χ4v) is 2.12. The van der Waals surface area contributed by atoms with Crippen molar-refractivity contribution in [2.75, 3.05) is 6.54 Å². The molecule has 1 saturated carbocycles. The quantitative estimate of drug-likeness (QED) is 0.846. The summed E-state index contributed by atoms with van der Waals surface area (Å²) in [6.45, 7) is 4.13. The molecule has 3 N–H and O–H groups in total. The van der Waals surface area contributed by atoms with E-state index >= 15 is 0 Å². The van der Waals surface area contributed by atoms with Crippen LogP contribution in [0, 0.1) is 12.8 Å². The summed E-state index contributed by atoms with van der Waals surface area (Å²) in [7, 11) is 0. The van der Waals surface area contributed by atoms with Gasteiger partial charge in [0.25, 0.3) is 5.91 Å². The van der Waals surface area contributed by atoms with Crippen molar-refractivity contribution in [1.82, 2.24) is 5.32 Å². The summed E-state index contributed by atoms with van der Waals surface area (Å²) >= 11 is 5.95. The fourth-order valence-electron chi connectivity index (χ4n) is 2.00. The molecule has 0 bridgehead atoms. The average molecular weight is 297 g/mol. The maximum absolute atomic E-state index is 11.9. The lowest BCUT2D eigenvalue weighted by atomic mass is 10.2. The Balaban J connectivity index is 1.81. The Morgan fingerprint density at radius 3 is 2.85 bits per heavy atom. The molecule has 1 aromatic carbocycles. The number of hydrogen-bond donors (Lipinski definition) is 2. The Morgan fingerprint density at radius 2 is 2.25 bits per heavy atom. The van der Waals surface area contributed by atoms with Crippen molar-refractivity contribution in [3.05, 3.63) is 28.8 Å². The first-order chi connectivity index (χ1) is 9.47. The zero-order valence-electron chi connectivity index (χ0n) is 11.9. The number of rotatable bonds is 6. The van der Waals surface area contributed by atoms with E-state index in [-0.39, 0.29) is 11.9 Å². The van der Waals surface area contributed by atoms with Crippen LogP contribution in [0.4, 0.5) is 0 Å². The molecule has 2 atom stereocenters. The highest BCUT2D eigenvalue weighted by Gasteiger charge is 2.29. The second-order valence-corrected chi connectivity index (χ2v) is 5.82. The Morgan fingerprint density at radius 1 is 1.55 bits per heavy atom. The number of carbonyl (C=O) groups excluding carboxylic acids is 1. The maximum atomic E-state index is 11.9. The molecule has 0 heterocycles. The van der Waals surface area contributed by atoms with Gasteiger partial charge in [0.1, 0.15) is 5.75 Å². The van der Waals surface area contributed by atoms with Gasteiger partial charge < -0.3 is 15.8 Å². The summed E-state index contributed by atoms with van der Waals surface area (Å²) < 4.78 is 5.61. The van der Waals surface area contributed by atoms with Gasteiger partial charge in [-0.1, -0.05) is 11.6 Å². The molecule has 0 radical (unpaired) electrons. The third kappa shape index (κ3) is 4.12. The van der Waals surface area contributed by atoms with E-state index in [0.717, 1.165) is 5.56 Å². The number of amides is 1. The lowest BCUT2D eigenvalue weighted by Gasteiger charge is -2.17. The largest absolute Gasteiger partial charge is 0.481 e. The third-order valence-corrected chi connectivity index (χ3v) is 3.98. The predicted octanol–water partition coefficient (Wildman–Crippen LogP) is 2.27. The maximum Gasteiger partial charge on any atom is 0.260 e. The van der Waals surface area contributed by atoms with Gasteiger partial charge in [-0.2, -0.15) is 0 Å². The van der Waals surface area contributed by atoms with Crippen LogP contribution in [-0.4, -0.2) is 24.6 Å². The monoisotopic (exact) mass is 296 g/mol. The van der Waals surface area contributed by atoms with Gasteiger partial charge in [-0.3, -0.25) is 4.79 Å². The molecule has 1 aliphatic carbocycles. The van der Waals surface area contributed by atoms with Crippen molar-refractivity contribution in [1.29, 1.82) is 0 Å². The molecule has 0 aromatic heterocycles. The number of nitrogens with one attached hydrogen (secondary N) is 1. The lowest BCUT2D eigenvalue weighted by molar-refractivity contribution is -0.127. The molecule has 2 rings (SSSR count). The van der Waals surface area contributed by atoms with Crippen LogP contribution in [0.1, 0.15) is 25.3 Å². The van der Waals surface area contributed by atoms with Crippen LogP contribution in [0.25, 0.3) is 0 Å². The topological polar surface area (TPSA) is 64.3 Å². The van der Waals surface area contributed by atoms with E-state index in [0.29, 0.717) is 23.2 Å². The highest BCUT2D eigenvalue weighted by atomic mass is 35.5.